The molecule has 0 spiro atoms. The topological polar surface area (TPSA) is 176 Å². The summed E-state index contributed by atoms with van der Waals surface area (Å²) in [7, 11) is 0. The standard InChI is InChI=1S/C33H52O11/c1-16(2)11-26-25-9-7-21(41-25)14-22-8-10-27(36)33(40,44-22)28(37)13-17(3)12-18(4)23(34)15-24(35)19(5)30-31(43-30)29(38)20(6)32(39)42-26/h12,16,18,20-22,24-31,35-38,40H,5,7-11,13-15H2,1-4,6H3/b17-12-. The lowest BCUT2D eigenvalue weighted by Gasteiger charge is -2.44. The Labute approximate surface area is 260 Å². The Balaban J connectivity index is 1.56. The van der Waals surface area contributed by atoms with Gasteiger partial charge in [-0.05, 0) is 70.3 Å². The van der Waals surface area contributed by atoms with Crippen LogP contribution in [-0.4, -0.2) is 104 Å². The Bertz CT molecular complexity index is 1070. The van der Waals surface area contributed by atoms with Crippen LogP contribution in [-0.2, 0) is 28.5 Å². The predicted octanol–water partition coefficient (Wildman–Crippen LogP) is 2.10. The number of carbonyl (C=O) groups excluding carboxylic acids is 2. The fraction of sp³-hybridized carbons (Fsp3) is 0.818. The fourth-order valence-corrected chi connectivity index (χ4v) is 6.73. The van der Waals surface area contributed by atoms with Crippen molar-refractivity contribution in [3.05, 3.63) is 23.8 Å². The quantitative estimate of drug-likeness (QED) is 0.173. The van der Waals surface area contributed by atoms with Crippen LogP contribution in [0.25, 0.3) is 0 Å². The molecule has 44 heavy (non-hydrogen) atoms. The summed E-state index contributed by atoms with van der Waals surface area (Å²) in [5.41, 5.74) is 0.856. The largest absolute Gasteiger partial charge is 0.459 e. The van der Waals surface area contributed by atoms with Gasteiger partial charge in [0.2, 0.25) is 5.79 Å². The van der Waals surface area contributed by atoms with E-state index in [0.29, 0.717) is 37.7 Å². The summed E-state index contributed by atoms with van der Waals surface area (Å²) in [6.07, 6.45) is -3.80. The molecule has 0 aromatic rings. The molecule has 4 rings (SSSR count). The summed E-state index contributed by atoms with van der Waals surface area (Å²) < 4.78 is 23.9. The van der Waals surface area contributed by atoms with Crippen molar-refractivity contribution in [1.82, 2.24) is 0 Å². The second-order valence-corrected chi connectivity index (χ2v) is 13.9. The first-order chi connectivity index (χ1) is 20.6. The molecule has 4 bridgehead atoms. The number of hydrogen-bond acceptors (Lipinski definition) is 11. The van der Waals surface area contributed by atoms with Crippen LogP contribution >= 0.6 is 0 Å². The highest BCUT2D eigenvalue weighted by atomic mass is 16.7. The zero-order valence-electron chi connectivity index (χ0n) is 26.6. The molecule has 4 heterocycles. The molecule has 0 aliphatic carbocycles. The van der Waals surface area contributed by atoms with Crippen LogP contribution in [0.5, 0.6) is 0 Å². The Morgan fingerprint density at radius 2 is 1.66 bits per heavy atom. The third-order valence-electron chi connectivity index (χ3n) is 9.62. The number of ketones is 1. The monoisotopic (exact) mass is 624 g/mol. The smallest absolute Gasteiger partial charge is 0.311 e. The highest BCUT2D eigenvalue weighted by molar-refractivity contribution is 5.83. The first kappa shape index (κ1) is 35.2. The number of aliphatic hydroxyl groups is 5. The number of cyclic esters (lactones) is 1. The maximum Gasteiger partial charge on any atom is 0.311 e. The number of Topliss-reactive ketones (excluding diaryl/α,β-unsaturated/α-hetero) is 1. The van der Waals surface area contributed by atoms with Gasteiger partial charge >= 0.3 is 5.97 Å². The molecule has 4 aliphatic rings. The van der Waals surface area contributed by atoms with Crippen molar-refractivity contribution < 1.29 is 54.1 Å². The Morgan fingerprint density at radius 3 is 2.34 bits per heavy atom. The number of epoxide rings is 1. The van der Waals surface area contributed by atoms with E-state index in [4.69, 9.17) is 18.9 Å². The van der Waals surface area contributed by atoms with E-state index in [1.807, 2.05) is 13.8 Å². The molecule has 11 nitrogen and oxygen atoms in total. The molecule has 3 saturated heterocycles. The van der Waals surface area contributed by atoms with Crippen molar-refractivity contribution in [3.63, 3.8) is 0 Å². The van der Waals surface area contributed by atoms with Crippen LogP contribution in [0, 0.1) is 17.8 Å². The number of hydrogen-bond donors (Lipinski definition) is 5. The molecule has 250 valence electrons. The molecular weight excluding hydrogens is 572 g/mol. The van der Waals surface area contributed by atoms with Gasteiger partial charge in [-0.15, -0.1) is 0 Å². The lowest BCUT2D eigenvalue weighted by Crippen LogP contribution is -2.59. The Morgan fingerprint density at radius 1 is 0.977 bits per heavy atom. The average molecular weight is 625 g/mol. The van der Waals surface area contributed by atoms with Crippen molar-refractivity contribution in [2.24, 2.45) is 17.8 Å². The molecule has 13 atom stereocenters. The molecule has 13 unspecified atom stereocenters. The van der Waals surface area contributed by atoms with E-state index in [2.05, 4.69) is 6.58 Å². The van der Waals surface area contributed by atoms with Crippen molar-refractivity contribution in [1.29, 1.82) is 0 Å². The summed E-state index contributed by atoms with van der Waals surface area (Å²) in [6, 6.07) is 0. The van der Waals surface area contributed by atoms with E-state index >= 15 is 0 Å². The second-order valence-electron chi connectivity index (χ2n) is 13.9. The van der Waals surface area contributed by atoms with E-state index in [-0.39, 0.29) is 48.7 Å². The number of rotatable bonds is 2. The molecule has 0 aromatic heterocycles. The van der Waals surface area contributed by atoms with Gasteiger partial charge in [-0.25, -0.2) is 0 Å². The molecule has 0 amide bonds. The highest BCUT2D eigenvalue weighted by Crippen LogP contribution is 2.39. The lowest BCUT2D eigenvalue weighted by molar-refractivity contribution is -0.337. The second kappa shape index (κ2) is 14.4. The van der Waals surface area contributed by atoms with Crippen LogP contribution in [0.3, 0.4) is 0 Å². The predicted molar refractivity (Wildman–Crippen MR) is 159 cm³/mol. The number of fused-ring (bicyclic) bond motifs is 5. The minimum atomic E-state index is -2.19. The van der Waals surface area contributed by atoms with Gasteiger partial charge < -0.3 is 44.5 Å². The minimum absolute atomic E-state index is 0.0366. The third kappa shape index (κ3) is 8.17. The molecule has 0 aromatic carbocycles. The van der Waals surface area contributed by atoms with E-state index in [1.54, 1.807) is 26.8 Å². The van der Waals surface area contributed by atoms with Crippen LogP contribution in [0.2, 0.25) is 0 Å². The van der Waals surface area contributed by atoms with Gasteiger partial charge in [0.05, 0.1) is 36.4 Å². The molecular formula is C33H52O11. The molecule has 0 radical (unpaired) electrons. The van der Waals surface area contributed by atoms with Gasteiger partial charge in [0.25, 0.3) is 0 Å². The van der Waals surface area contributed by atoms with Gasteiger partial charge in [-0.2, -0.15) is 0 Å². The SMILES string of the molecule is C=C1C(O)CC(=O)C(C)/C=C(/C)CC(O)C2(O)OC(CCC2O)CC2CCC(O2)C(CC(C)C)OC(=O)C(C)C(O)C2OC12. The summed E-state index contributed by atoms with van der Waals surface area (Å²) in [5.74, 6) is -4.37. The molecule has 0 saturated carbocycles. The van der Waals surface area contributed by atoms with Crippen LogP contribution in [0.1, 0.15) is 86.0 Å². The van der Waals surface area contributed by atoms with Crippen LogP contribution in [0.4, 0.5) is 0 Å². The number of carbonyl (C=O) groups is 2. The Hall–Kier alpha value is -1.70. The maximum absolute atomic E-state index is 13.2. The fourth-order valence-electron chi connectivity index (χ4n) is 6.73. The zero-order chi connectivity index (χ0) is 32.5. The summed E-state index contributed by atoms with van der Waals surface area (Å²) in [6.45, 7) is 12.9. The maximum atomic E-state index is 13.2. The summed E-state index contributed by atoms with van der Waals surface area (Å²) >= 11 is 0. The number of ether oxygens (including phenoxy) is 4. The van der Waals surface area contributed by atoms with Crippen molar-refractivity contribution in [2.45, 2.75) is 153 Å². The van der Waals surface area contributed by atoms with Gasteiger partial charge in [-0.3, -0.25) is 9.59 Å². The third-order valence-corrected chi connectivity index (χ3v) is 9.62. The van der Waals surface area contributed by atoms with Gasteiger partial charge in [0.1, 0.15) is 36.3 Å². The normalized spacial score (nSPS) is 46.2. The summed E-state index contributed by atoms with van der Waals surface area (Å²) in [4.78, 5) is 26.1. The first-order valence-corrected chi connectivity index (χ1v) is 16.1. The average Bonchev–Trinajstić information content (AvgIpc) is 3.62. The van der Waals surface area contributed by atoms with E-state index in [0.717, 1.165) is 0 Å². The van der Waals surface area contributed by atoms with Crippen molar-refractivity contribution in [3.8, 4) is 0 Å². The van der Waals surface area contributed by atoms with E-state index in [1.165, 1.54) is 0 Å². The number of aliphatic hydroxyl groups excluding tert-OH is 4. The van der Waals surface area contributed by atoms with Crippen molar-refractivity contribution >= 4 is 11.8 Å². The molecule has 5 N–H and O–H groups in total. The van der Waals surface area contributed by atoms with Gasteiger partial charge in [-0.1, -0.05) is 39.0 Å². The van der Waals surface area contributed by atoms with Gasteiger partial charge in [0.15, 0.2) is 0 Å². The molecule has 4 aliphatic heterocycles. The highest BCUT2D eigenvalue weighted by Gasteiger charge is 2.52. The zero-order valence-corrected chi connectivity index (χ0v) is 26.6. The molecule has 3 fully saturated rings. The van der Waals surface area contributed by atoms with Gasteiger partial charge in [0, 0.05) is 12.3 Å². The lowest BCUT2D eigenvalue weighted by atomic mass is 9.88. The number of allylic oxidation sites excluding steroid dienone is 1. The summed E-state index contributed by atoms with van der Waals surface area (Å²) in [5, 5.41) is 54.7. The van der Waals surface area contributed by atoms with E-state index in [9.17, 15) is 35.1 Å². The molecule has 11 heteroatoms. The van der Waals surface area contributed by atoms with E-state index < -0.39 is 72.4 Å². The number of esters is 1. The first-order valence-electron chi connectivity index (χ1n) is 16.1. The Kier molecular flexibility index (Phi) is 11.5. The van der Waals surface area contributed by atoms with Crippen LogP contribution < -0.4 is 0 Å². The van der Waals surface area contributed by atoms with Crippen molar-refractivity contribution in [2.75, 3.05) is 0 Å². The minimum Gasteiger partial charge on any atom is -0.459 e. The van der Waals surface area contributed by atoms with Crippen LogP contribution in [0.15, 0.2) is 23.8 Å².